The van der Waals surface area contributed by atoms with Crippen molar-refractivity contribution in [3.8, 4) is 5.75 Å². The molecular weight excluding hydrogens is 266 g/mol. The number of hydrogen-bond donors (Lipinski definition) is 1. The molecule has 4 heteroatoms. The molecule has 0 fully saturated rings. The lowest BCUT2D eigenvalue weighted by Crippen LogP contribution is -2.47. The quantitative estimate of drug-likeness (QED) is 0.819. The predicted molar refractivity (Wildman–Crippen MR) is 84.5 cm³/mol. The molecule has 0 aliphatic heterocycles. The number of hydrogen-bond acceptors (Lipinski definition) is 4. The average Bonchev–Trinajstić information content (AvgIpc) is 2.38. The zero-order chi connectivity index (χ0) is 16.1. The Labute approximate surface area is 127 Å². The lowest BCUT2D eigenvalue weighted by molar-refractivity contribution is -0.149. The third kappa shape index (κ3) is 5.38. The number of nitrogens with two attached hydrogens (primary N) is 1. The van der Waals surface area contributed by atoms with Crippen molar-refractivity contribution in [2.24, 2.45) is 5.73 Å². The summed E-state index contributed by atoms with van der Waals surface area (Å²) >= 11 is 0. The van der Waals surface area contributed by atoms with E-state index >= 15 is 0 Å². The highest BCUT2D eigenvalue weighted by molar-refractivity contribution is 5.79. The van der Waals surface area contributed by atoms with Crippen LogP contribution in [-0.4, -0.2) is 24.7 Å². The molecule has 0 saturated heterocycles. The first-order valence-electron chi connectivity index (χ1n) is 7.36. The molecule has 1 rings (SSSR count). The van der Waals surface area contributed by atoms with Gasteiger partial charge in [0, 0.05) is 6.42 Å². The number of carbonyl (C=O) groups is 1. The normalized spacial score (nSPS) is 14.4. The molecule has 0 heterocycles. The van der Waals surface area contributed by atoms with E-state index in [1.807, 2.05) is 12.1 Å². The summed E-state index contributed by atoms with van der Waals surface area (Å²) in [5, 5.41) is 0. The molecule has 0 aromatic heterocycles. The van der Waals surface area contributed by atoms with Gasteiger partial charge in [0.05, 0.1) is 13.2 Å². The van der Waals surface area contributed by atoms with E-state index in [4.69, 9.17) is 15.2 Å². The van der Waals surface area contributed by atoms with Gasteiger partial charge in [-0.2, -0.15) is 0 Å². The Morgan fingerprint density at radius 3 is 2.19 bits per heavy atom. The molecule has 0 aliphatic carbocycles. The zero-order valence-electron chi connectivity index (χ0n) is 13.7. The summed E-state index contributed by atoms with van der Waals surface area (Å²) in [5.74, 6) is 0.388. The Morgan fingerprint density at radius 2 is 1.71 bits per heavy atom. The van der Waals surface area contributed by atoms with E-state index in [9.17, 15) is 4.79 Å². The Hall–Kier alpha value is -1.55. The van der Waals surface area contributed by atoms with Crippen LogP contribution in [0.1, 0.15) is 46.6 Å². The number of carbonyl (C=O) groups excluding carboxylic acids is 1. The molecule has 1 atom stereocenters. The van der Waals surface area contributed by atoms with Gasteiger partial charge in [-0.15, -0.1) is 0 Å². The minimum Gasteiger partial charge on any atom is -0.494 e. The third-order valence-corrected chi connectivity index (χ3v) is 3.35. The Kier molecular flexibility index (Phi) is 5.78. The van der Waals surface area contributed by atoms with E-state index in [2.05, 4.69) is 32.9 Å². The van der Waals surface area contributed by atoms with E-state index < -0.39 is 11.5 Å². The molecule has 0 bridgehead atoms. The number of esters is 1. The second-order valence-electron chi connectivity index (χ2n) is 6.51. The molecule has 0 aliphatic rings. The Morgan fingerprint density at radius 1 is 1.14 bits per heavy atom. The maximum absolute atomic E-state index is 11.7. The molecule has 0 saturated carbocycles. The molecule has 0 radical (unpaired) electrons. The summed E-state index contributed by atoms with van der Waals surface area (Å²) in [6.07, 6.45) is 0.410. The van der Waals surface area contributed by atoms with Crippen LogP contribution in [-0.2, 0) is 14.9 Å². The summed E-state index contributed by atoms with van der Waals surface area (Å²) in [5.41, 5.74) is 6.30. The van der Waals surface area contributed by atoms with Gasteiger partial charge in [-0.3, -0.25) is 4.79 Å². The van der Waals surface area contributed by atoms with Gasteiger partial charge in [0.1, 0.15) is 11.3 Å². The smallest absolute Gasteiger partial charge is 0.325 e. The summed E-state index contributed by atoms with van der Waals surface area (Å²) < 4.78 is 10.6. The molecule has 21 heavy (non-hydrogen) atoms. The topological polar surface area (TPSA) is 61.5 Å². The summed E-state index contributed by atoms with van der Waals surface area (Å²) in [6, 6.07) is 8.00. The molecule has 1 aromatic rings. The molecule has 0 amide bonds. The van der Waals surface area contributed by atoms with Crippen molar-refractivity contribution in [2.45, 2.75) is 52.0 Å². The minimum atomic E-state index is -1.01. The lowest BCUT2D eigenvalue weighted by Gasteiger charge is -2.22. The Balaban J connectivity index is 2.51. The van der Waals surface area contributed by atoms with Crippen molar-refractivity contribution in [1.82, 2.24) is 0 Å². The lowest BCUT2D eigenvalue weighted by atomic mass is 9.87. The molecular formula is C17H27NO3. The van der Waals surface area contributed by atoms with Gasteiger partial charge in [0.15, 0.2) is 0 Å². The van der Waals surface area contributed by atoms with E-state index in [1.54, 1.807) is 13.8 Å². The first-order valence-corrected chi connectivity index (χ1v) is 7.36. The van der Waals surface area contributed by atoms with Gasteiger partial charge >= 0.3 is 5.97 Å². The number of ether oxygens (including phenoxy) is 2. The van der Waals surface area contributed by atoms with Crippen LogP contribution in [0.2, 0.25) is 0 Å². The van der Waals surface area contributed by atoms with Crippen LogP contribution in [0.3, 0.4) is 0 Å². The van der Waals surface area contributed by atoms with Crippen molar-refractivity contribution >= 4 is 5.97 Å². The highest BCUT2D eigenvalue weighted by Crippen LogP contribution is 2.24. The van der Waals surface area contributed by atoms with Gasteiger partial charge < -0.3 is 15.2 Å². The third-order valence-electron chi connectivity index (χ3n) is 3.35. The van der Waals surface area contributed by atoms with Crippen LogP contribution in [0.5, 0.6) is 5.75 Å². The average molecular weight is 293 g/mol. The monoisotopic (exact) mass is 293 g/mol. The number of benzene rings is 1. The fourth-order valence-corrected chi connectivity index (χ4v) is 1.83. The molecule has 4 nitrogen and oxygen atoms in total. The van der Waals surface area contributed by atoms with Crippen LogP contribution in [0, 0.1) is 0 Å². The summed E-state index contributed by atoms with van der Waals surface area (Å²) in [4.78, 5) is 11.7. The van der Waals surface area contributed by atoms with Crippen molar-refractivity contribution < 1.29 is 14.3 Å². The minimum absolute atomic E-state index is 0.123. The first kappa shape index (κ1) is 17.5. The summed E-state index contributed by atoms with van der Waals surface area (Å²) in [7, 11) is 0. The van der Waals surface area contributed by atoms with E-state index in [0.29, 0.717) is 19.6 Å². The molecule has 1 aromatic carbocycles. The van der Waals surface area contributed by atoms with Crippen LogP contribution < -0.4 is 10.5 Å². The van der Waals surface area contributed by atoms with Crippen LogP contribution in [0.15, 0.2) is 24.3 Å². The molecule has 0 spiro atoms. The van der Waals surface area contributed by atoms with Crippen molar-refractivity contribution in [1.29, 1.82) is 0 Å². The Bertz CT molecular complexity index is 458. The van der Waals surface area contributed by atoms with Gasteiger partial charge in [0.25, 0.3) is 0 Å². The molecule has 2 N–H and O–H groups in total. The maximum Gasteiger partial charge on any atom is 0.325 e. The van der Waals surface area contributed by atoms with Gasteiger partial charge in [-0.25, -0.2) is 0 Å². The van der Waals surface area contributed by atoms with Crippen molar-refractivity contribution in [3.63, 3.8) is 0 Å². The van der Waals surface area contributed by atoms with E-state index in [-0.39, 0.29) is 5.41 Å². The maximum atomic E-state index is 11.7. The predicted octanol–water partition coefficient (Wildman–Crippen LogP) is 3.03. The fourth-order valence-electron chi connectivity index (χ4n) is 1.83. The first-order chi connectivity index (χ1) is 9.66. The van der Waals surface area contributed by atoms with Crippen LogP contribution in [0.25, 0.3) is 0 Å². The summed E-state index contributed by atoms with van der Waals surface area (Å²) in [6.45, 7) is 10.6. The van der Waals surface area contributed by atoms with Crippen molar-refractivity contribution in [3.05, 3.63) is 29.8 Å². The largest absolute Gasteiger partial charge is 0.494 e. The van der Waals surface area contributed by atoms with E-state index in [0.717, 1.165) is 5.75 Å². The number of rotatable bonds is 6. The highest BCUT2D eigenvalue weighted by atomic mass is 16.5. The van der Waals surface area contributed by atoms with Gasteiger partial charge in [0.2, 0.25) is 0 Å². The van der Waals surface area contributed by atoms with Crippen LogP contribution >= 0.6 is 0 Å². The zero-order valence-corrected chi connectivity index (χ0v) is 13.7. The highest BCUT2D eigenvalue weighted by Gasteiger charge is 2.29. The van der Waals surface area contributed by atoms with Crippen LogP contribution in [0.4, 0.5) is 0 Å². The SMILES string of the molecule is CCOC(=O)C(C)(N)CCOc1ccc(C(C)(C)C)cc1. The van der Waals surface area contributed by atoms with Crippen molar-refractivity contribution in [2.75, 3.05) is 13.2 Å². The fraction of sp³-hybridized carbons (Fsp3) is 0.588. The van der Waals surface area contributed by atoms with E-state index in [1.165, 1.54) is 5.56 Å². The standard InChI is InChI=1S/C17H27NO3/c1-6-20-15(19)17(5,18)11-12-21-14-9-7-13(8-10-14)16(2,3)4/h7-10H,6,11-12,18H2,1-5H3. The van der Waals surface area contributed by atoms with Gasteiger partial charge in [-0.05, 0) is 37.0 Å². The second kappa shape index (κ2) is 6.94. The molecule has 1 unspecified atom stereocenters. The molecule has 118 valence electrons. The van der Waals surface area contributed by atoms with Gasteiger partial charge in [-0.1, -0.05) is 32.9 Å². The second-order valence-corrected chi connectivity index (χ2v) is 6.51.